The lowest BCUT2D eigenvalue weighted by atomic mass is 10.1. The van der Waals surface area contributed by atoms with E-state index in [0.29, 0.717) is 16.8 Å². The highest BCUT2D eigenvalue weighted by Gasteiger charge is 2.12. The van der Waals surface area contributed by atoms with E-state index in [-0.39, 0.29) is 11.7 Å². The Bertz CT molecular complexity index is 1110. The van der Waals surface area contributed by atoms with Crippen molar-refractivity contribution in [3.63, 3.8) is 0 Å². The predicted molar refractivity (Wildman–Crippen MR) is 103 cm³/mol. The summed E-state index contributed by atoms with van der Waals surface area (Å²) in [5.74, 6) is -0.210. The van der Waals surface area contributed by atoms with Gasteiger partial charge in [-0.15, -0.1) is 10.2 Å². The minimum absolute atomic E-state index is 0.0792. The number of carbonyl (C=O) groups excluding carboxylic acids is 1. The third-order valence-electron chi connectivity index (χ3n) is 3.84. The van der Waals surface area contributed by atoms with Crippen LogP contribution in [0.3, 0.4) is 0 Å². The van der Waals surface area contributed by atoms with Crippen LogP contribution in [0.25, 0.3) is 22.2 Å². The number of amides is 1. The first kappa shape index (κ1) is 17.2. The quantitative estimate of drug-likeness (QED) is 0.506. The molecule has 7 heteroatoms. The molecule has 5 nitrogen and oxygen atoms in total. The second kappa shape index (κ2) is 7.59. The number of benzene rings is 3. The molecular formula is C20H14FN3O2S. The van der Waals surface area contributed by atoms with E-state index < -0.39 is 5.82 Å². The van der Waals surface area contributed by atoms with Gasteiger partial charge in [0.1, 0.15) is 5.82 Å². The topological polar surface area (TPSA) is 68.0 Å². The van der Waals surface area contributed by atoms with Gasteiger partial charge in [-0.2, -0.15) is 0 Å². The molecule has 1 aromatic heterocycles. The number of rotatable bonds is 5. The summed E-state index contributed by atoms with van der Waals surface area (Å²) in [4.78, 5) is 12.0. The lowest BCUT2D eigenvalue weighted by Gasteiger charge is -2.03. The predicted octanol–water partition coefficient (Wildman–Crippen LogP) is 4.76. The van der Waals surface area contributed by atoms with Crippen LogP contribution in [0.15, 0.2) is 76.4 Å². The minimum atomic E-state index is -0.405. The van der Waals surface area contributed by atoms with Gasteiger partial charge in [0, 0.05) is 11.3 Å². The van der Waals surface area contributed by atoms with Crippen molar-refractivity contribution in [1.29, 1.82) is 0 Å². The van der Waals surface area contributed by atoms with Crippen LogP contribution in [0.2, 0.25) is 0 Å². The SMILES string of the molecule is O=C(CSc1nnc(-c2ccc3ccccc3c2)o1)Nc1cccc(F)c1. The molecule has 0 aliphatic rings. The summed E-state index contributed by atoms with van der Waals surface area (Å²) in [5, 5.41) is 13.2. The van der Waals surface area contributed by atoms with Gasteiger partial charge in [0.15, 0.2) is 0 Å². The van der Waals surface area contributed by atoms with E-state index in [1.54, 1.807) is 6.07 Å². The molecule has 0 aliphatic carbocycles. The molecule has 0 radical (unpaired) electrons. The second-order valence-corrected chi connectivity index (χ2v) is 6.71. The maximum atomic E-state index is 13.1. The zero-order valence-electron chi connectivity index (χ0n) is 14.1. The van der Waals surface area contributed by atoms with E-state index >= 15 is 0 Å². The zero-order chi connectivity index (χ0) is 18.6. The Morgan fingerprint density at radius 1 is 1.00 bits per heavy atom. The molecule has 1 N–H and O–H groups in total. The first-order chi connectivity index (χ1) is 13.2. The van der Waals surface area contributed by atoms with E-state index in [1.807, 2.05) is 42.5 Å². The summed E-state index contributed by atoms with van der Waals surface area (Å²) in [5.41, 5.74) is 1.22. The third kappa shape index (κ3) is 4.15. The molecule has 0 fully saturated rings. The third-order valence-corrected chi connectivity index (χ3v) is 4.66. The molecule has 4 aromatic rings. The van der Waals surface area contributed by atoms with Gasteiger partial charge in [0.2, 0.25) is 11.8 Å². The van der Waals surface area contributed by atoms with Crippen LogP contribution >= 0.6 is 11.8 Å². The molecule has 0 unspecified atom stereocenters. The number of anilines is 1. The van der Waals surface area contributed by atoms with Crippen molar-refractivity contribution < 1.29 is 13.6 Å². The molecule has 0 spiro atoms. The molecular weight excluding hydrogens is 365 g/mol. The monoisotopic (exact) mass is 379 g/mol. The maximum absolute atomic E-state index is 13.1. The van der Waals surface area contributed by atoms with E-state index in [0.717, 1.165) is 28.1 Å². The van der Waals surface area contributed by atoms with Crippen LogP contribution in [0.4, 0.5) is 10.1 Å². The number of hydrogen-bond acceptors (Lipinski definition) is 5. The molecule has 0 bridgehead atoms. The van der Waals surface area contributed by atoms with Crippen LogP contribution in [0.1, 0.15) is 0 Å². The molecule has 4 rings (SSSR count). The Morgan fingerprint density at radius 3 is 2.70 bits per heavy atom. The van der Waals surface area contributed by atoms with E-state index in [4.69, 9.17) is 4.42 Å². The average molecular weight is 379 g/mol. The van der Waals surface area contributed by atoms with Crippen molar-refractivity contribution in [2.24, 2.45) is 0 Å². The number of carbonyl (C=O) groups is 1. The van der Waals surface area contributed by atoms with Crippen LogP contribution in [-0.4, -0.2) is 21.9 Å². The summed E-state index contributed by atoms with van der Waals surface area (Å²) in [6.07, 6.45) is 0. The molecule has 1 amide bonds. The van der Waals surface area contributed by atoms with E-state index in [2.05, 4.69) is 15.5 Å². The van der Waals surface area contributed by atoms with Crippen LogP contribution < -0.4 is 5.32 Å². The molecule has 0 aliphatic heterocycles. The molecule has 0 atom stereocenters. The van der Waals surface area contributed by atoms with Crippen molar-refractivity contribution in [2.75, 3.05) is 11.1 Å². The molecule has 0 saturated carbocycles. The number of thioether (sulfide) groups is 1. The highest BCUT2D eigenvalue weighted by molar-refractivity contribution is 7.99. The van der Waals surface area contributed by atoms with Gasteiger partial charge in [0.05, 0.1) is 5.75 Å². The smallest absolute Gasteiger partial charge is 0.277 e. The van der Waals surface area contributed by atoms with Crippen LogP contribution in [0.5, 0.6) is 0 Å². The Hall–Kier alpha value is -3.19. The molecule has 27 heavy (non-hydrogen) atoms. The summed E-state index contributed by atoms with van der Waals surface area (Å²) >= 11 is 1.13. The minimum Gasteiger partial charge on any atom is -0.411 e. The summed E-state index contributed by atoms with van der Waals surface area (Å²) in [6.45, 7) is 0. The van der Waals surface area contributed by atoms with Gasteiger partial charge in [0.25, 0.3) is 5.22 Å². The average Bonchev–Trinajstić information content (AvgIpc) is 3.15. The second-order valence-electron chi connectivity index (χ2n) is 5.78. The number of nitrogens with one attached hydrogen (secondary N) is 1. The van der Waals surface area contributed by atoms with E-state index in [1.165, 1.54) is 18.2 Å². The van der Waals surface area contributed by atoms with Gasteiger partial charge >= 0.3 is 0 Å². The summed E-state index contributed by atoms with van der Waals surface area (Å²) < 4.78 is 18.8. The molecule has 1 heterocycles. The lowest BCUT2D eigenvalue weighted by Crippen LogP contribution is -2.14. The number of hydrogen-bond donors (Lipinski definition) is 1. The molecule has 0 saturated heterocycles. The lowest BCUT2D eigenvalue weighted by molar-refractivity contribution is -0.113. The zero-order valence-corrected chi connectivity index (χ0v) is 14.9. The molecule has 134 valence electrons. The first-order valence-corrected chi connectivity index (χ1v) is 9.17. The fourth-order valence-corrected chi connectivity index (χ4v) is 3.16. The first-order valence-electron chi connectivity index (χ1n) is 8.18. The standard InChI is InChI=1S/C20H14FN3O2S/c21-16-6-3-7-17(11-16)22-18(25)12-27-20-24-23-19(26-20)15-9-8-13-4-1-2-5-14(13)10-15/h1-11H,12H2,(H,22,25). The number of fused-ring (bicyclic) bond motifs is 1. The Balaban J connectivity index is 1.41. The Labute approximate surface area is 158 Å². The highest BCUT2D eigenvalue weighted by Crippen LogP contribution is 2.26. The van der Waals surface area contributed by atoms with Crippen molar-refractivity contribution in [2.45, 2.75) is 5.22 Å². The summed E-state index contributed by atoms with van der Waals surface area (Å²) in [7, 11) is 0. The van der Waals surface area contributed by atoms with Gasteiger partial charge in [-0.3, -0.25) is 4.79 Å². The fourth-order valence-electron chi connectivity index (χ4n) is 2.60. The van der Waals surface area contributed by atoms with Gasteiger partial charge in [-0.05, 0) is 41.1 Å². The van der Waals surface area contributed by atoms with E-state index in [9.17, 15) is 9.18 Å². The van der Waals surface area contributed by atoms with Gasteiger partial charge < -0.3 is 9.73 Å². The Morgan fingerprint density at radius 2 is 1.85 bits per heavy atom. The Kier molecular flexibility index (Phi) is 4.84. The number of aromatic nitrogens is 2. The summed E-state index contributed by atoms with van der Waals surface area (Å²) in [6, 6.07) is 19.6. The number of nitrogens with zero attached hydrogens (tertiary/aromatic N) is 2. The van der Waals surface area contributed by atoms with Gasteiger partial charge in [-0.25, -0.2) is 4.39 Å². The largest absolute Gasteiger partial charge is 0.411 e. The van der Waals surface area contributed by atoms with Crippen molar-refractivity contribution in [1.82, 2.24) is 10.2 Å². The maximum Gasteiger partial charge on any atom is 0.277 e. The van der Waals surface area contributed by atoms with Gasteiger partial charge in [-0.1, -0.05) is 48.2 Å². The van der Waals surface area contributed by atoms with Crippen molar-refractivity contribution in [3.05, 3.63) is 72.5 Å². The number of halogens is 1. The fraction of sp³-hybridized carbons (Fsp3) is 0.0500. The van der Waals surface area contributed by atoms with Crippen molar-refractivity contribution >= 4 is 34.1 Å². The van der Waals surface area contributed by atoms with Crippen LogP contribution in [0, 0.1) is 5.82 Å². The normalized spacial score (nSPS) is 10.9. The van der Waals surface area contributed by atoms with Crippen LogP contribution in [-0.2, 0) is 4.79 Å². The molecule has 3 aromatic carbocycles. The van der Waals surface area contributed by atoms with Crippen molar-refractivity contribution in [3.8, 4) is 11.5 Å². The highest BCUT2D eigenvalue weighted by atomic mass is 32.2.